The van der Waals surface area contributed by atoms with Crippen molar-refractivity contribution in [3.8, 4) is 0 Å². The summed E-state index contributed by atoms with van der Waals surface area (Å²) in [5.41, 5.74) is 6.96. The number of nitrogens with one attached hydrogen (secondary N) is 1. The molecular weight excluding hydrogens is 306 g/mol. The van der Waals surface area contributed by atoms with E-state index in [9.17, 15) is 8.42 Å². The summed E-state index contributed by atoms with van der Waals surface area (Å²) in [4.78, 5) is 4.07. The molecule has 1 heterocycles. The predicted octanol–water partition coefficient (Wildman–Crippen LogP) is 2.55. The minimum atomic E-state index is -3.79. The highest BCUT2D eigenvalue weighted by Crippen LogP contribution is 2.32. The second-order valence-electron chi connectivity index (χ2n) is 4.57. The highest BCUT2D eigenvalue weighted by Gasteiger charge is 2.13. The van der Waals surface area contributed by atoms with Gasteiger partial charge in [-0.25, -0.2) is 13.6 Å². The number of aromatic amines is 1. The van der Waals surface area contributed by atoms with E-state index in [0.717, 1.165) is 20.8 Å². The van der Waals surface area contributed by atoms with Crippen molar-refractivity contribution in [2.45, 2.75) is 14.8 Å². The molecule has 0 saturated carbocycles. The van der Waals surface area contributed by atoms with E-state index in [2.05, 4.69) is 4.98 Å². The molecule has 5 nitrogen and oxygen atoms in total. The smallest absolute Gasteiger partial charge is 0.240 e. The molecular formula is C14H13N3O2S2. The second-order valence-corrected chi connectivity index (χ2v) is 7.21. The number of hydrogen-bond donors (Lipinski definition) is 3. The Morgan fingerprint density at radius 1 is 1.05 bits per heavy atom. The molecule has 3 rings (SSSR count). The lowest BCUT2D eigenvalue weighted by atomic mass is 10.3. The SMILES string of the molecule is Nc1cc(Sc2cc3ccccc3[nH]2)ccc1S(N)(=O)=O. The first kappa shape index (κ1) is 14.0. The molecule has 5 N–H and O–H groups in total. The quantitative estimate of drug-likeness (QED) is 0.646. The van der Waals surface area contributed by atoms with E-state index in [1.54, 1.807) is 12.1 Å². The van der Waals surface area contributed by atoms with Crippen LogP contribution in [0.15, 0.2) is 63.3 Å². The molecule has 0 aliphatic heterocycles. The Labute approximate surface area is 126 Å². The topological polar surface area (TPSA) is 102 Å². The molecule has 3 aromatic rings. The number of nitrogens with two attached hydrogens (primary N) is 2. The van der Waals surface area contributed by atoms with Crippen LogP contribution < -0.4 is 10.9 Å². The van der Waals surface area contributed by atoms with Gasteiger partial charge in [0.15, 0.2) is 0 Å². The highest BCUT2D eigenvalue weighted by atomic mass is 32.2. The molecule has 2 aromatic carbocycles. The summed E-state index contributed by atoms with van der Waals surface area (Å²) in [7, 11) is -3.79. The molecule has 21 heavy (non-hydrogen) atoms. The maximum absolute atomic E-state index is 11.3. The number of para-hydroxylation sites is 1. The summed E-state index contributed by atoms with van der Waals surface area (Å²) < 4.78 is 22.7. The van der Waals surface area contributed by atoms with Crippen molar-refractivity contribution in [2.24, 2.45) is 5.14 Å². The Balaban J connectivity index is 1.93. The summed E-state index contributed by atoms with van der Waals surface area (Å²) in [6, 6.07) is 14.7. The maximum Gasteiger partial charge on any atom is 0.240 e. The molecule has 0 spiro atoms. The normalized spacial score (nSPS) is 11.9. The fourth-order valence-electron chi connectivity index (χ4n) is 2.08. The summed E-state index contributed by atoms with van der Waals surface area (Å²) in [6.45, 7) is 0. The van der Waals surface area contributed by atoms with Gasteiger partial charge in [0, 0.05) is 15.8 Å². The van der Waals surface area contributed by atoms with Crippen LogP contribution in [0.3, 0.4) is 0 Å². The third-order valence-electron chi connectivity index (χ3n) is 3.02. The van der Waals surface area contributed by atoms with Gasteiger partial charge >= 0.3 is 0 Å². The van der Waals surface area contributed by atoms with Gasteiger partial charge in [-0.1, -0.05) is 30.0 Å². The van der Waals surface area contributed by atoms with E-state index in [1.807, 2.05) is 30.3 Å². The van der Waals surface area contributed by atoms with Crippen molar-refractivity contribution in [1.82, 2.24) is 4.98 Å². The zero-order valence-corrected chi connectivity index (χ0v) is 12.5. The number of sulfonamides is 1. The van der Waals surface area contributed by atoms with Crippen LogP contribution in [0.2, 0.25) is 0 Å². The van der Waals surface area contributed by atoms with Crippen molar-refractivity contribution < 1.29 is 8.42 Å². The molecule has 0 unspecified atom stereocenters. The van der Waals surface area contributed by atoms with Crippen molar-refractivity contribution in [1.29, 1.82) is 0 Å². The lowest BCUT2D eigenvalue weighted by Gasteiger charge is -2.05. The van der Waals surface area contributed by atoms with Crippen molar-refractivity contribution in [2.75, 3.05) is 5.73 Å². The van der Waals surface area contributed by atoms with Crippen LogP contribution in [0, 0.1) is 0 Å². The van der Waals surface area contributed by atoms with Crippen LogP contribution >= 0.6 is 11.8 Å². The molecule has 0 atom stereocenters. The first-order valence-electron chi connectivity index (χ1n) is 6.11. The number of aromatic nitrogens is 1. The first-order valence-corrected chi connectivity index (χ1v) is 8.48. The third kappa shape index (κ3) is 2.90. The lowest BCUT2D eigenvalue weighted by molar-refractivity contribution is 0.598. The molecule has 108 valence electrons. The van der Waals surface area contributed by atoms with Crippen LogP contribution in [0.4, 0.5) is 5.69 Å². The van der Waals surface area contributed by atoms with Crippen molar-refractivity contribution in [3.63, 3.8) is 0 Å². The van der Waals surface area contributed by atoms with Crippen LogP contribution in [-0.2, 0) is 10.0 Å². The molecule has 1 aromatic heterocycles. The molecule has 0 amide bonds. The van der Waals surface area contributed by atoms with Crippen molar-refractivity contribution >= 4 is 38.4 Å². The fourth-order valence-corrected chi connectivity index (χ4v) is 3.65. The number of fused-ring (bicyclic) bond motifs is 1. The third-order valence-corrected chi connectivity index (χ3v) is 4.94. The van der Waals surface area contributed by atoms with Gasteiger partial charge in [0.25, 0.3) is 0 Å². The molecule has 0 radical (unpaired) electrons. The Morgan fingerprint density at radius 3 is 2.48 bits per heavy atom. The van der Waals surface area contributed by atoms with Crippen molar-refractivity contribution in [3.05, 3.63) is 48.5 Å². The average molecular weight is 319 g/mol. The molecule has 7 heteroatoms. The van der Waals surface area contributed by atoms with Gasteiger partial charge in [0.05, 0.1) is 10.7 Å². The van der Waals surface area contributed by atoms with Crippen LogP contribution in [0.1, 0.15) is 0 Å². The Morgan fingerprint density at radius 2 is 1.81 bits per heavy atom. The van der Waals surface area contributed by atoms with Gasteiger partial charge in [-0.15, -0.1) is 0 Å². The molecule has 0 saturated heterocycles. The van der Waals surface area contributed by atoms with E-state index in [4.69, 9.17) is 10.9 Å². The predicted molar refractivity (Wildman–Crippen MR) is 84.6 cm³/mol. The molecule has 0 aliphatic carbocycles. The van der Waals surface area contributed by atoms with Gasteiger partial charge < -0.3 is 10.7 Å². The van der Waals surface area contributed by atoms with Gasteiger partial charge in [-0.05, 0) is 30.3 Å². The first-order chi connectivity index (χ1) is 9.93. The number of anilines is 1. The zero-order valence-electron chi connectivity index (χ0n) is 10.9. The van der Waals surface area contributed by atoms with Gasteiger partial charge in [0.2, 0.25) is 10.0 Å². The van der Waals surface area contributed by atoms with E-state index in [-0.39, 0.29) is 10.6 Å². The molecule has 0 bridgehead atoms. The second kappa shape index (κ2) is 5.10. The summed E-state index contributed by atoms with van der Waals surface area (Å²) in [5.74, 6) is 0. The summed E-state index contributed by atoms with van der Waals surface area (Å²) >= 11 is 1.48. The number of nitrogen functional groups attached to an aromatic ring is 1. The monoisotopic (exact) mass is 319 g/mol. The molecule has 0 aliphatic rings. The average Bonchev–Trinajstić information content (AvgIpc) is 2.79. The van der Waals surface area contributed by atoms with E-state index in [0.29, 0.717) is 0 Å². The Hall–Kier alpha value is -1.96. The number of H-pyrrole nitrogens is 1. The highest BCUT2D eigenvalue weighted by molar-refractivity contribution is 7.99. The van der Waals surface area contributed by atoms with E-state index >= 15 is 0 Å². The van der Waals surface area contributed by atoms with Crippen LogP contribution in [-0.4, -0.2) is 13.4 Å². The summed E-state index contributed by atoms with van der Waals surface area (Å²) in [5, 5.41) is 7.17. The van der Waals surface area contributed by atoms with Gasteiger partial charge in [0.1, 0.15) is 4.90 Å². The number of hydrogen-bond acceptors (Lipinski definition) is 4. The largest absolute Gasteiger partial charge is 0.398 e. The minimum Gasteiger partial charge on any atom is -0.398 e. The standard InChI is InChI=1S/C14H13N3O2S2/c15-11-8-10(5-6-13(11)21(16,18)19)20-14-7-9-3-1-2-4-12(9)17-14/h1-8,17H,15H2,(H2,16,18,19). The number of primary sulfonamides is 1. The number of rotatable bonds is 3. The fraction of sp³-hybridized carbons (Fsp3) is 0. The Kier molecular flexibility index (Phi) is 3.40. The summed E-state index contributed by atoms with van der Waals surface area (Å²) in [6.07, 6.45) is 0. The minimum absolute atomic E-state index is 0.0523. The molecule has 0 fully saturated rings. The van der Waals surface area contributed by atoms with Crippen LogP contribution in [0.5, 0.6) is 0 Å². The van der Waals surface area contributed by atoms with E-state index in [1.165, 1.54) is 17.8 Å². The van der Waals surface area contributed by atoms with E-state index < -0.39 is 10.0 Å². The Bertz CT molecular complexity index is 884. The van der Waals surface area contributed by atoms with Crippen LogP contribution in [0.25, 0.3) is 10.9 Å². The van der Waals surface area contributed by atoms with Gasteiger partial charge in [-0.2, -0.15) is 0 Å². The zero-order chi connectivity index (χ0) is 15.0. The van der Waals surface area contributed by atoms with Gasteiger partial charge in [-0.3, -0.25) is 0 Å². The maximum atomic E-state index is 11.3. The lowest BCUT2D eigenvalue weighted by Crippen LogP contribution is -2.14. The number of benzene rings is 2.